The fourth-order valence-electron chi connectivity index (χ4n) is 2.15. The first-order valence-corrected chi connectivity index (χ1v) is 9.71. The van der Waals surface area contributed by atoms with Gasteiger partial charge in [-0.1, -0.05) is 26.0 Å². The van der Waals surface area contributed by atoms with Crippen LogP contribution in [0.2, 0.25) is 0 Å². The summed E-state index contributed by atoms with van der Waals surface area (Å²) in [6, 6.07) is 6.55. The number of benzene rings is 1. The largest absolute Gasteiger partial charge is 0.451 e. The molecule has 0 aliphatic heterocycles. The molecule has 0 bridgehead atoms. The molecule has 2 rings (SSSR count). The maximum Gasteiger partial charge on any atom is 0.358 e. The molecule has 9 nitrogen and oxygen atoms in total. The average molecular weight is 418 g/mol. The van der Waals surface area contributed by atoms with E-state index in [1.165, 1.54) is 12.3 Å². The van der Waals surface area contributed by atoms with Crippen molar-refractivity contribution >= 4 is 45.8 Å². The fraction of sp³-hybridized carbons (Fsp3) is 0.316. The van der Waals surface area contributed by atoms with Crippen LogP contribution in [0, 0.1) is 5.92 Å². The van der Waals surface area contributed by atoms with Crippen LogP contribution in [0.15, 0.2) is 29.6 Å². The van der Waals surface area contributed by atoms with Crippen LogP contribution in [0.4, 0.5) is 10.8 Å². The van der Waals surface area contributed by atoms with Crippen molar-refractivity contribution in [2.24, 2.45) is 5.92 Å². The molecule has 29 heavy (non-hydrogen) atoms. The van der Waals surface area contributed by atoms with Gasteiger partial charge in [-0.05, 0) is 18.1 Å². The summed E-state index contributed by atoms with van der Waals surface area (Å²) < 4.78 is 4.94. The first kappa shape index (κ1) is 22.0. The number of thiazole rings is 1. The smallest absolute Gasteiger partial charge is 0.358 e. The minimum Gasteiger partial charge on any atom is -0.451 e. The summed E-state index contributed by atoms with van der Waals surface area (Å²) in [4.78, 5) is 51.3. The molecule has 0 saturated heterocycles. The van der Waals surface area contributed by atoms with Crippen molar-refractivity contribution in [3.8, 4) is 0 Å². The molecule has 0 radical (unpaired) electrons. The summed E-state index contributed by atoms with van der Waals surface area (Å²) >= 11 is 1.07. The molecule has 0 fully saturated rings. The first-order valence-electron chi connectivity index (χ1n) is 8.83. The minimum atomic E-state index is -0.795. The Labute approximate surface area is 171 Å². The van der Waals surface area contributed by atoms with Crippen LogP contribution in [-0.4, -0.2) is 41.8 Å². The molecule has 10 heteroatoms. The third-order valence-corrected chi connectivity index (χ3v) is 4.21. The van der Waals surface area contributed by atoms with E-state index in [1.807, 2.05) is 13.8 Å². The zero-order valence-electron chi connectivity index (χ0n) is 16.3. The third-order valence-electron chi connectivity index (χ3n) is 3.45. The highest BCUT2D eigenvalue weighted by Crippen LogP contribution is 2.17. The van der Waals surface area contributed by atoms with Crippen molar-refractivity contribution in [2.45, 2.75) is 20.8 Å². The molecule has 0 aliphatic carbocycles. The highest BCUT2D eigenvalue weighted by molar-refractivity contribution is 7.14. The molecule has 0 atom stereocenters. The van der Waals surface area contributed by atoms with Crippen LogP contribution in [-0.2, 0) is 14.3 Å². The fourth-order valence-corrected chi connectivity index (χ4v) is 2.87. The van der Waals surface area contributed by atoms with Gasteiger partial charge in [0.1, 0.15) is 0 Å². The predicted molar refractivity (Wildman–Crippen MR) is 109 cm³/mol. The maximum atomic E-state index is 12.3. The number of esters is 1. The van der Waals surface area contributed by atoms with Crippen LogP contribution in [0.5, 0.6) is 0 Å². The van der Waals surface area contributed by atoms with E-state index in [-0.39, 0.29) is 28.6 Å². The standard InChI is InChI=1S/C19H22N4O5S/c1-11(2)8-20-17(26)13-6-4-5-7-14(13)22-16(25)9-28-18(27)15-10-29-19(23-15)21-12(3)24/h4-7,10-11H,8-9H2,1-3H3,(H,20,26)(H,22,25)(H,21,23,24). The summed E-state index contributed by atoms with van der Waals surface area (Å²) in [5.41, 5.74) is 0.615. The van der Waals surface area contributed by atoms with Crippen molar-refractivity contribution in [1.29, 1.82) is 0 Å². The van der Waals surface area contributed by atoms with Crippen molar-refractivity contribution in [1.82, 2.24) is 10.3 Å². The number of ether oxygens (including phenoxy) is 1. The van der Waals surface area contributed by atoms with Crippen molar-refractivity contribution < 1.29 is 23.9 Å². The number of anilines is 2. The second-order valence-corrected chi connectivity index (χ2v) is 7.35. The van der Waals surface area contributed by atoms with Gasteiger partial charge >= 0.3 is 5.97 Å². The van der Waals surface area contributed by atoms with Gasteiger partial charge in [0.05, 0.1) is 11.3 Å². The van der Waals surface area contributed by atoms with Gasteiger partial charge in [-0.3, -0.25) is 14.4 Å². The van der Waals surface area contributed by atoms with E-state index in [4.69, 9.17) is 4.74 Å². The van der Waals surface area contributed by atoms with E-state index >= 15 is 0 Å². The lowest BCUT2D eigenvalue weighted by molar-refractivity contribution is -0.119. The number of hydrogen-bond donors (Lipinski definition) is 3. The SMILES string of the molecule is CC(=O)Nc1nc(C(=O)OCC(=O)Nc2ccccc2C(=O)NCC(C)C)cs1. The Hall–Kier alpha value is -3.27. The molecule has 0 spiro atoms. The lowest BCUT2D eigenvalue weighted by atomic mass is 10.1. The second kappa shape index (κ2) is 10.3. The van der Waals surface area contributed by atoms with Gasteiger partial charge in [0.2, 0.25) is 5.91 Å². The topological polar surface area (TPSA) is 126 Å². The molecular formula is C19H22N4O5S. The monoisotopic (exact) mass is 418 g/mol. The van der Waals surface area contributed by atoms with Gasteiger partial charge in [0.25, 0.3) is 11.8 Å². The lowest BCUT2D eigenvalue weighted by Crippen LogP contribution is -2.29. The first-order chi connectivity index (χ1) is 13.8. The Morgan fingerprint density at radius 2 is 1.86 bits per heavy atom. The van der Waals surface area contributed by atoms with Crippen molar-refractivity contribution in [3.05, 3.63) is 40.9 Å². The second-order valence-electron chi connectivity index (χ2n) is 6.49. The van der Waals surface area contributed by atoms with E-state index < -0.39 is 18.5 Å². The van der Waals surface area contributed by atoms with E-state index in [0.717, 1.165) is 11.3 Å². The molecule has 154 valence electrons. The van der Waals surface area contributed by atoms with Gasteiger partial charge in [-0.25, -0.2) is 9.78 Å². The van der Waals surface area contributed by atoms with E-state index in [0.29, 0.717) is 17.8 Å². The van der Waals surface area contributed by atoms with Crippen LogP contribution in [0.3, 0.4) is 0 Å². The number of hydrogen-bond acceptors (Lipinski definition) is 7. The van der Waals surface area contributed by atoms with E-state index in [2.05, 4.69) is 20.9 Å². The number of amides is 3. The van der Waals surface area contributed by atoms with Gasteiger partial charge in [0.15, 0.2) is 17.4 Å². The summed E-state index contributed by atoms with van der Waals surface area (Å²) in [7, 11) is 0. The van der Waals surface area contributed by atoms with Gasteiger partial charge < -0.3 is 20.7 Å². The molecule has 0 unspecified atom stereocenters. The molecule has 1 aromatic heterocycles. The number of para-hydroxylation sites is 1. The zero-order chi connectivity index (χ0) is 21.4. The number of nitrogens with zero attached hydrogens (tertiary/aromatic N) is 1. The highest BCUT2D eigenvalue weighted by atomic mass is 32.1. The summed E-state index contributed by atoms with van der Waals surface area (Å²) in [5.74, 6) is -1.72. The normalized spacial score (nSPS) is 10.3. The Bertz CT molecular complexity index is 910. The molecule has 0 saturated carbocycles. The molecule has 0 aliphatic rings. The van der Waals surface area contributed by atoms with Gasteiger partial charge in [-0.2, -0.15) is 0 Å². The molecule has 2 aromatic rings. The molecule has 1 heterocycles. The molecule has 3 amide bonds. The van der Waals surface area contributed by atoms with Crippen LogP contribution in [0.25, 0.3) is 0 Å². The number of aromatic nitrogens is 1. The predicted octanol–water partition coefficient (Wildman–Crippen LogP) is 2.28. The number of carbonyl (C=O) groups is 4. The van der Waals surface area contributed by atoms with Gasteiger partial charge in [0, 0.05) is 18.8 Å². The average Bonchev–Trinajstić information content (AvgIpc) is 3.12. The summed E-state index contributed by atoms with van der Waals surface area (Å²) in [6.07, 6.45) is 0. The number of rotatable bonds is 8. The number of nitrogens with one attached hydrogen (secondary N) is 3. The van der Waals surface area contributed by atoms with Crippen molar-refractivity contribution in [3.63, 3.8) is 0 Å². The summed E-state index contributed by atoms with van der Waals surface area (Å²) in [5, 5.41) is 9.48. The Balaban J connectivity index is 1.92. The Kier molecular flexibility index (Phi) is 7.84. The van der Waals surface area contributed by atoms with Crippen LogP contribution >= 0.6 is 11.3 Å². The highest BCUT2D eigenvalue weighted by Gasteiger charge is 2.17. The Morgan fingerprint density at radius 3 is 2.55 bits per heavy atom. The van der Waals surface area contributed by atoms with Crippen LogP contribution in [0.1, 0.15) is 41.6 Å². The molecule has 1 aromatic carbocycles. The van der Waals surface area contributed by atoms with E-state index in [1.54, 1.807) is 24.3 Å². The molecular weight excluding hydrogens is 396 g/mol. The zero-order valence-corrected chi connectivity index (χ0v) is 17.1. The van der Waals surface area contributed by atoms with Gasteiger partial charge in [-0.15, -0.1) is 11.3 Å². The number of carbonyl (C=O) groups excluding carboxylic acids is 4. The van der Waals surface area contributed by atoms with Crippen molar-refractivity contribution in [2.75, 3.05) is 23.8 Å². The lowest BCUT2D eigenvalue weighted by Gasteiger charge is -2.12. The maximum absolute atomic E-state index is 12.3. The third kappa shape index (κ3) is 7.00. The summed E-state index contributed by atoms with van der Waals surface area (Å²) in [6.45, 7) is 5.23. The quantitative estimate of drug-likeness (QED) is 0.565. The minimum absolute atomic E-state index is 0.0139. The Morgan fingerprint density at radius 1 is 1.14 bits per heavy atom. The van der Waals surface area contributed by atoms with E-state index in [9.17, 15) is 19.2 Å². The van der Waals surface area contributed by atoms with Crippen LogP contribution < -0.4 is 16.0 Å². The molecule has 3 N–H and O–H groups in total.